The van der Waals surface area contributed by atoms with Crippen LogP contribution in [0, 0.1) is 6.92 Å². The second-order valence-corrected chi connectivity index (χ2v) is 6.33. The molecule has 0 fully saturated rings. The SMILES string of the molecule is CCCN(CCOc1ccccc1Cl)CC(=O)Nc1ccccc1C. The monoisotopic (exact) mass is 360 g/mol. The molecule has 5 heteroatoms. The second-order valence-electron chi connectivity index (χ2n) is 5.92. The van der Waals surface area contributed by atoms with Crippen LogP contribution in [-0.4, -0.2) is 37.0 Å². The maximum absolute atomic E-state index is 12.3. The summed E-state index contributed by atoms with van der Waals surface area (Å²) in [4.78, 5) is 14.4. The minimum Gasteiger partial charge on any atom is -0.491 e. The largest absolute Gasteiger partial charge is 0.491 e. The molecule has 0 heterocycles. The van der Waals surface area contributed by atoms with Gasteiger partial charge < -0.3 is 10.1 Å². The van der Waals surface area contributed by atoms with E-state index in [9.17, 15) is 4.79 Å². The van der Waals surface area contributed by atoms with Gasteiger partial charge in [0.2, 0.25) is 5.91 Å². The van der Waals surface area contributed by atoms with E-state index in [0.29, 0.717) is 30.5 Å². The standard InChI is InChI=1S/C20H25ClN2O2/c1-3-12-23(13-14-25-19-11-7-5-9-17(19)21)15-20(24)22-18-10-6-4-8-16(18)2/h4-11H,3,12-15H2,1-2H3,(H,22,24). The fourth-order valence-corrected chi connectivity index (χ4v) is 2.73. The van der Waals surface area contributed by atoms with Crippen LogP contribution in [-0.2, 0) is 4.79 Å². The summed E-state index contributed by atoms with van der Waals surface area (Å²) in [5.41, 5.74) is 1.91. The molecule has 2 rings (SSSR count). The van der Waals surface area contributed by atoms with Gasteiger partial charge in [0, 0.05) is 12.2 Å². The molecule has 4 nitrogen and oxygen atoms in total. The Kier molecular flexibility index (Phi) is 7.76. The number of benzene rings is 2. The third kappa shape index (κ3) is 6.40. The summed E-state index contributed by atoms with van der Waals surface area (Å²) in [5, 5.41) is 3.57. The van der Waals surface area contributed by atoms with Gasteiger partial charge in [-0.1, -0.05) is 48.9 Å². The van der Waals surface area contributed by atoms with E-state index in [0.717, 1.165) is 24.2 Å². The van der Waals surface area contributed by atoms with Gasteiger partial charge >= 0.3 is 0 Å². The number of nitrogens with one attached hydrogen (secondary N) is 1. The van der Waals surface area contributed by atoms with Crippen LogP contribution in [0.4, 0.5) is 5.69 Å². The van der Waals surface area contributed by atoms with Crippen LogP contribution in [0.3, 0.4) is 0 Å². The zero-order chi connectivity index (χ0) is 18.1. The molecule has 0 saturated carbocycles. The Balaban J connectivity index is 1.84. The van der Waals surface area contributed by atoms with E-state index >= 15 is 0 Å². The Labute approximate surface area is 154 Å². The Morgan fingerprint density at radius 2 is 1.84 bits per heavy atom. The predicted octanol–water partition coefficient (Wildman–Crippen LogP) is 4.38. The average Bonchev–Trinajstić information content (AvgIpc) is 2.59. The Morgan fingerprint density at radius 3 is 2.56 bits per heavy atom. The number of aryl methyl sites for hydroxylation is 1. The number of para-hydroxylation sites is 2. The van der Waals surface area contributed by atoms with Gasteiger partial charge in [0.1, 0.15) is 12.4 Å². The zero-order valence-corrected chi connectivity index (χ0v) is 15.6. The van der Waals surface area contributed by atoms with E-state index in [1.807, 2.05) is 49.4 Å². The number of carbonyl (C=O) groups excluding carboxylic acids is 1. The van der Waals surface area contributed by atoms with Crippen molar-refractivity contribution in [2.75, 3.05) is 31.6 Å². The van der Waals surface area contributed by atoms with Crippen molar-refractivity contribution in [2.24, 2.45) is 0 Å². The first-order chi connectivity index (χ1) is 12.1. The van der Waals surface area contributed by atoms with Crippen molar-refractivity contribution >= 4 is 23.2 Å². The quantitative estimate of drug-likeness (QED) is 0.721. The fourth-order valence-electron chi connectivity index (χ4n) is 2.54. The molecule has 25 heavy (non-hydrogen) atoms. The first-order valence-corrected chi connectivity index (χ1v) is 8.93. The van der Waals surface area contributed by atoms with Crippen molar-refractivity contribution in [3.63, 3.8) is 0 Å². The van der Waals surface area contributed by atoms with E-state index in [1.165, 1.54) is 0 Å². The van der Waals surface area contributed by atoms with Crippen molar-refractivity contribution in [1.82, 2.24) is 4.90 Å². The van der Waals surface area contributed by atoms with Gasteiger partial charge in [-0.3, -0.25) is 9.69 Å². The molecule has 0 aromatic heterocycles. The summed E-state index contributed by atoms with van der Waals surface area (Å²) in [7, 11) is 0. The van der Waals surface area contributed by atoms with Crippen LogP contribution in [0.15, 0.2) is 48.5 Å². The lowest BCUT2D eigenvalue weighted by Crippen LogP contribution is -2.36. The normalized spacial score (nSPS) is 10.7. The molecule has 0 unspecified atom stereocenters. The number of halogens is 1. The molecule has 1 amide bonds. The molecular weight excluding hydrogens is 336 g/mol. The van der Waals surface area contributed by atoms with Crippen LogP contribution in [0.2, 0.25) is 5.02 Å². The highest BCUT2D eigenvalue weighted by Gasteiger charge is 2.11. The Morgan fingerprint density at radius 1 is 1.12 bits per heavy atom. The summed E-state index contributed by atoms with van der Waals surface area (Å²) in [5.74, 6) is 0.658. The third-order valence-corrected chi connectivity index (χ3v) is 4.14. The Hall–Kier alpha value is -2.04. The molecule has 134 valence electrons. The van der Waals surface area contributed by atoms with E-state index < -0.39 is 0 Å². The minimum absolute atomic E-state index is 0.0134. The lowest BCUT2D eigenvalue weighted by atomic mass is 10.2. The van der Waals surface area contributed by atoms with E-state index in [1.54, 1.807) is 6.07 Å². The molecule has 0 atom stereocenters. The molecule has 2 aromatic rings. The third-order valence-electron chi connectivity index (χ3n) is 3.83. The highest BCUT2D eigenvalue weighted by molar-refractivity contribution is 6.32. The number of hydrogen-bond acceptors (Lipinski definition) is 3. The van der Waals surface area contributed by atoms with E-state index in [2.05, 4.69) is 17.1 Å². The highest BCUT2D eigenvalue weighted by Crippen LogP contribution is 2.22. The highest BCUT2D eigenvalue weighted by atomic mass is 35.5. The predicted molar refractivity (Wildman–Crippen MR) is 103 cm³/mol. The molecule has 0 aliphatic carbocycles. The molecule has 0 spiro atoms. The van der Waals surface area contributed by atoms with Gasteiger partial charge in [0.05, 0.1) is 11.6 Å². The maximum atomic E-state index is 12.3. The molecule has 0 aliphatic rings. The summed E-state index contributed by atoms with van der Waals surface area (Å²) in [6, 6.07) is 15.2. The first-order valence-electron chi connectivity index (χ1n) is 8.55. The number of nitrogens with zero attached hydrogens (tertiary/aromatic N) is 1. The summed E-state index contributed by atoms with van der Waals surface area (Å²) in [6.45, 7) is 6.42. The number of amides is 1. The second kappa shape index (κ2) is 10.1. The van der Waals surface area contributed by atoms with Gasteiger partial charge in [0.25, 0.3) is 0 Å². The molecule has 0 radical (unpaired) electrons. The Bertz CT molecular complexity index is 691. The van der Waals surface area contributed by atoms with Crippen LogP contribution >= 0.6 is 11.6 Å². The summed E-state index contributed by atoms with van der Waals surface area (Å²) < 4.78 is 5.73. The summed E-state index contributed by atoms with van der Waals surface area (Å²) in [6.07, 6.45) is 0.976. The van der Waals surface area contributed by atoms with Gasteiger partial charge in [-0.15, -0.1) is 0 Å². The van der Waals surface area contributed by atoms with Crippen LogP contribution in [0.1, 0.15) is 18.9 Å². The number of anilines is 1. The van der Waals surface area contributed by atoms with Crippen molar-refractivity contribution in [2.45, 2.75) is 20.3 Å². The topological polar surface area (TPSA) is 41.6 Å². The summed E-state index contributed by atoms with van der Waals surface area (Å²) >= 11 is 6.09. The van der Waals surface area contributed by atoms with Crippen LogP contribution in [0.5, 0.6) is 5.75 Å². The number of rotatable bonds is 9. The number of hydrogen-bond donors (Lipinski definition) is 1. The van der Waals surface area contributed by atoms with Crippen molar-refractivity contribution in [3.05, 3.63) is 59.1 Å². The molecule has 0 aliphatic heterocycles. The fraction of sp³-hybridized carbons (Fsp3) is 0.350. The van der Waals surface area contributed by atoms with E-state index in [4.69, 9.17) is 16.3 Å². The molecule has 0 saturated heterocycles. The van der Waals surface area contributed by atoms with Crippen molar-refractivity contribution in [3.8, 4) is 5.75 Å². The van der Waals surface area contributed by atoms with Gasteiger partial charge in [-0.05, 0) is 43.7 Å². The van der Waals surface area contributed by atoms with E-state index in [-0.39, 0.29) is 5.91 Å². The minimum atomic E-state index is -0.0134. The lowest BCUT2D eigenvalue weighted by molar-refractivity contribution is -0.117. The zero-order valence-electron chi connectivity index (χ0n) is 14.8. The van der Waals surface area contributed by atoms with Gasteiger partial charge in [0.15, 0.2) is 0 Å². The maximum Gasteiger partial charge on any atom is 0.238 e. The van der Waals surface area contributed by atoms with Gasteiger partial charge in [-0.25, -0.2) is 0 Å². The molecule has 1 N–H and O–H groups in total. The smallest absolute Gasteiger partial charge is 0.238 e. The first kappa shape index (κ1) is 19.3. The molecule has 2 aromatic carbocycles. The molecule has 0 bridgehead atoms. The van der Waals surface area contributed by atoms with Crippen molar-refractivity contribution in [1.29, 1.82) is 0 Å². The van der Waals surface area contributed by atoms with Gasteiger partial charge in [-0.2, -0.15) is 0 Å². The number of ether oxygens (including phenoxy) is 1. The molecular formula is C20H25ClN2O2. The lowest BCUT2D eigenvalue weighted by Gasteiger charge is -2.21. The number of carbonyl (C=O) groups is 1. The van der Waals surface area contributed by atoms with Crippen LogP contribution < -0.4 is 10.1 Å². The van der Waals surface area contributed by atoms with Crippen molar-refractivity contribution < 1.29 is 9.53 Å². The van der Waals surface area contributed by atoms with Crippen LogP contribution in [0.25, 0.3) is 0 Å². The average molecular weight is 361 g/mol.